The predicted molar refractivity (Wildman–Crippen MR) is 82.1 cm³/mol. The molecule has 0 saturated heterocycles. The third-order valence-corrected chi connectivity index (χ3v) is 3.42. The van der Waals surface area contributed by atoms with Gasteiger partial charge in [0.15, 0.2) is 35.1 Å². The molecule has 0 fully saturated rings. The number of anilines is 1. The van der Waals surface area contributed by atoms with Crippen LogP contribution in [-0.2, 0) is 0 Å². The number of pyridine rings is 1. The van der Waals surface area contributed by atoms with Crippen molar-refractivity contribution in [3.8, 4) is 11.5 Å². The first kappa shape index (κ1) is 14.6. The smallest absolute Gasteiger partial charge is 0.356 e. The molecule has 0 aromatic carbocycles. The summed E-state index contributed by atoms with van der Waals surface area (Å²) in [5.74, 6) is -1.91. The Morgan fingerprint density at radius 3 is 2.88 bits per heavy atom. The zero-order valence-corrected chi connectivity index (χ0v) is 12.4. The quantitative estimate of drug-likeness (QED) is 0.575. The minimum Gasteiger partial charge on any atom is -0.476 e. The Labute approximate surface area is 138 Å². The summed E-state index contributed by atoms with van der Waals surface area (Å²) in [6, 6.07) is 6.50. The number of nitrogens with one attached hydrogen (secondary N) is 1. The first-order chi connectivity index (χ1) is 12.1. The van der Waals surface area contributed by atoms with E-state index in [0.29, 0.717) is 5.65 Å². The number of oxazole rings is 1. The lowest BCUT2D eigenvalue weighted by Gasteiger charge is -2.02. The lowest BCUT2D eigenvalue weighted by molar-refractivity contribution is 0.0690. The van der Waals surface area contributed by atoms with Crippen LogP contribution in [0.15, 0.2) is 52.1 Å². The highest BCUT2D eigenvalue weighted by Gasteiger charge is 2.25. The number of nitrogens with zero attached hydrogens (tertiary/aromatic N) is 4. The van der Waals surface area contributed by atoms with Gasteiger partial charge in [0.2, 0.25) is 0 Å². The Bertz CT molecular complexity index is 1080. The first-order valence-corrected chi connectivity index (χ1v) is 7.01. The lowest BCUT2D eigenvalue weighted by Crippen LogP contribution is -2.16. The average Bonchev–Trinajstić information content (AvgIpc) is 3.32. The Morgan fingerprint density at radius 2 is 2.12 bits per heavy atom. The van der Waals surface area contributed by atoms with Crippen LogP contribution in [0.3, 0.4) is 0 Å². The second-order valence-corrected chi connectivity index (χ2v) is 4.91. The van der Waals surface area contributed by atoms with Gasteiger partial charge < -0.3 is 19.4 Å². The molecule has 0 saturated carbocycles. The van der Waals surface area contributed by atoms with E-state index in [1.165, 1.54) is 16.7 Å². The fourth-order valence-corrected chi connectivity index (χ4v) is 2.37. The average molecular weight is 339 g/mol. The monoisotopic (exact) mass is 339 g/mol. The van der Waals surface area contributed by atoms with Crippen LogP contribution in [0.25, 0.3) is 17.1 Å². The summed E-state index contributed by atoms with van der Waals surface area (Å²) in [6.07, 6.45) is 3.95. The highest BCUT2D eigenvalue weighted by Crippen LogP contribution is 2.23. The second kappa shape index (κ2) is 5.60. The topological polar surface area (TPSA) is 136 Å². The molecule has 4 heterocycles. The van der Waals surface area contributed by atoms with Gasteiger partial charge in [-0.1, -0.05) is 11.2 Å². The molecule has 2 N–H and O–H groups in total. The molecule has 0 bridgehead atoms. The van der Waals surface area contributed by atoms with Crippen molar-refractivity contribution in [3.05, 3.63) is 54.5 Å². The third-order valence-electron chi connectivity index (χ3n) is 3.42. The van der Waals surface area contributed by atoms with Gasteiger partial charge in [-0.3, -0.25) is 9.20 Å². The van der Waals surface area contributed by atoms with Crippen molar-refractivity contribution in [2.24, 2.45) is 0 Å². The van der Waals surface area contributed by atoms with Crippen molar-refractivity contribution in [2.75, 3.05) is 5.32 Å². The van der Waals surface area contributed by atoms with Crippen molar-refractivity contribution in [2.45, 2.75) is 0 Å². The van der Waals surface area contributed by atoms with Crippen LogP contribution in [0.4, 0.5) is 5.82 Å². The van der Waals surface area contributed by atoms with Gasteiger partial charge in [-0.15, -0.1) is 0 Å². The van der Waals surface area contributed by atoms with E-state index in [1.807, 2.05) is 0 Å². The van der Waals surface area contributed by atoms with Gasteiger partial charge in [-0.25, -0.2) is 14.8 Å². The molecule has 0 aliphatic rings. The summed E-state index contributed by atoms with van der Waals surface area (Å²) in [6.45, 7) is 0. The number of hydrogen-bond donors (Lipinski definition) is 2. The maximum absolute atomic E-state index is 12.5. The molecule has 0 unspecified atom stereocenters. The first-order valence-electron chi connectivity index (χ1n) is 7.01. The summed E-state index contributed by atoms with van der Waals surface area (Å²) in [7, 11) is 0. The predicted octanol–water partition coefficient (Wildman–Crippen LogP) is 1.93. The molecule has 0 aliphatic heterocycles. The Hall–Kier alpha value is -3.95. The molecule has 10 nitrogen and oxygen atoms in total. The summed E-state index contributed by atoms with van der Waals surface area (Å²) < 4.78 is 11.2. The molecule has 0 spiro atoms. The molecule has 1 amide bonds. The second-order valence-electron chi connectivity index (χ2n) is 4.91. The van der Waals surface area contributed by atoms with Crippen molar-refractivity contribution in [1.29, 1.82) is 0 Å². The van der Waals surface area contributed by atoms with E-state index in [4.69, 9.17) is 8.94 Å². The fourth-order valence-electron chi connectivity index (χ4n) is 2.37. The molecule has 0 aliphatic carbocycles. The van der Waals surface area contributed by atoms with Crippen molar-refractivity contribution in [3.63, 3.8) is 0 Å². The molecule has 0 radical (unpaired) electrons. The van der Waals surface area contributed by atoms with Gasteiger partial charge >= 0.3 is 5.97 Å². The highest BCUT2D eigenvalue weighted by atomic mass is 16.5. The van der Waals surface area contributed by atoms with Gasteiger partial charge in [-0.2, -0.15) is 0 Å². The van der Waals surface area contributed by atoms with E-state index in [1.54, 1.807) is 24.4 Å². The Balaban J connectivity index is 1.73. The largest absolute Gasteiger partial charge is 0.476 e. The van der Waals surface area contributed by atoms with Gasteiger partial charge in [-0.05, 0) is 12.1 Å². The maximum atomic E-state index is 12.5. The van der Waals surface area contributed by atoms with E-state index in [2.05, 4.69) is 20.4 Å². The Morgan fingerprint density at radius 1 is 1.24 bits per heavy atom. The van der Waals surface area contributed by atoms with E-state index < -0.39 is 11.9 Å². The standard InChI is InChI=1S/C15H9N5O5/c21-14(10-12(24-7-16-10)8-4-6-25-19-8)18-13-11(15(22)23)20-5-2-1-3-9(20)17-13/h1-7H,(H,18,21)(H,22,23). The summed E-state index contributed by atoms with van der Waals surface area (Å²) >= 11 is 0. The SMILES string of the molecule is O=C(Nc1nc2ccccn2c1C(=O)O)c1ncoc1-c1ccon1. The van der Waals surface area contributed by atoms with E-state index in [9.17, 15) is 14.7 Å². The van der Waals surface area contributed by atoms with Crippen LogP contribution in [0.1, 0.15) is 21.0 Å². The summed E-state index contributed by atoms with van der Waals surface area (Å²) in [4.78, 5) is 32.0. The number of carbonyl (C=O) groups is 2. The number of carboxylic acid groups (broad SMARTS) is 1. The van der Waals surface area contributed by atoms with Crippen LogP contribution < -0.4 is 5.32 Å². The Kier molecular flexibility index (Phi) is 3.28. The van der Waals surface area contributed by atoms with E-state index >= 15 is 0 Å². The highest BCUT2D eigenvalue weighted by molar-refractivity contribution is 6.08. The summed E-state index contributed by atoms with van der Waals surface area (Å²) in [5.41, 5.74) is 0.431. The van der Waals surface area contributed by atoms with Crippen LogP contribution >= 0.6 is 0 Å². The van der Waals surface area contributed by atoms with Crippen molar-refractivity contribution in [1.82, 2.24) is 19.5 Å². The number of imidazole rings is 1. The van der Waals surface area contributed by atoms with Crippen LogP contribution in [-0.4, -0.2) is 36.5 Å². The number of carbonyl (C=O) groups excluding carboxylic acids is 1. The molecule has 4 rings (SSSR count). The third kappa shape index (κ3) is 2.41. The van der Waals surface area contributed by atoms with Crippen LogP contribution in [0, 0.1) is 0 Å². The number of aromatic carboxylic acids is 1. The molecule has 0 atom stereocenters. The molecule has 25 heavy (non-hydrogen) atoms. The number of carboxylic acids is 1. The van der Waals surface area contributed by atoms with Gasteiger partial charge in [0.05, 0.1) is 0 Å². The van der Waals surface area contributed by atoms with Gasteiger partial charge in [0.1, 0.15) is 11.9 Å². The van der Waals surface area contributed by atoms with E-state index in [0.717, 1.165) is 6.39 Å². The lowest BCUT2D eigenvalue weighted by atomic mass is 10.2. The van der Waals surface area contributed by atoms with E-state index in [-0.39, 0.29) is 28.7 Å². The summed E-state index contributed by atoms with van der Waals surface area (Å²) in [5, 5.41) is 15.6. The number of aromatic nitrogens is 4. The zero-order valence-electron chi connectivity index (χ0n) is 12.4. The van der Waals surface area contributed by atoms with Gasteiger partial charge in [0, 0.05) is 12.3 Å². The van der Waals surface area contributed by atoms with Crippen molar-refractivity contribution >= 4 is 23.3 Å². The molecule has 10 heteroatoms. The normalized spacial score (nSPS) is 10.9. The minimum atomic E-state index is -1.23. The number of fused-ring (bicyclic) bond motifs is 1. The number of hydrogen-bond acceptors (Lipinski definition) is 7. The van der Waals surface area contributed by atoms with Crippen LogP contribution in [0.5, 0.6) is 0 Å². The molecular weight excluding hydrogens is 330 g/mol. The molecule has 4 aromatic heterocycles. The fraction of sp³-hybridized carbons (Fsp3) is 0. The van der Waals surface area contributed by atoms with Crippen molar-refractivity contribution < 1.29 is 23.6 Å². The van der Waals surface area contributed by atoms with Gasteiger partial charge in [0.25, 0.3) is 5.91 Å². The molecular formula is C15H9N5O5. The number of rotatable bonds is 4. The number of amides is 1. The maximum Gasteiger partial charge on any atom is 0.356 e. The molecule has 4 aromatic rings. The minimum absolute atomic E-state index is 0.0673. The zero-order chi connectivity index (χ0) is 17.4. The van der Waals surface area contributed by atoms with Crippen LogP contribution in [0.2, 0.25) is 0 Å². The molecule has 124 valence electrons.